The molecule has 0 aliphatic heterocycles. The van der Waals surface area contributed by atoms with E-state index >= 15 is 0 Å². The quantitative estimate of drug-likeness (QED) is 0.338. The van der Waals surface area contributed by atoms with Crippen molar-refractivity contribution in [3.8, 4) is 5.75 Å². The maximum Gasteiger partial charge on any atom is 0.247 e. The van der Waals surface area contributed by atoms with E-state index in [1.807, 2.05) is 0 Å². The van der Waals surface area contributed by atoms with Gasteiger partial charge in [-0.25, -0.2) is 0 Å². The van der Waals surface area contributed by atoms with Crippen molar-refractivity contribution in [1.82, 2.24) is 0 Å². The molecule has 0 heterocycles. The van der Waals surface area contributed by atoms with Gasteiger partial charge in [0.05, 0.1) is 11.6 Å². The fourth-order valence-corrected chi connectivity index (χ4v) is 11.9. The summed E-state index contributed by atoms with van der Waals surface area (Å²) in [5.41, 5.74) is 0.485. The highest BCUT2D eigenvalue weighted by atomic mass is 35.5. The first-order chi connectivity index (χ1) is 11.2. The largest absolute Gasteiger partial charge is 0.441 e. The second-order valence-corrected chi connectivity index (χ2v) is 23.8. The van der Waals surface area contributed by atoms with Gasteiger partial charge in [0.25, 0.3) is 0 Å². The van der Waals surface area contributed by atoms with Crippen molar-refractivity contribution in [2.24, 2.45) is 0 Å². The van der Waals surface area contributed by atoms with Crippen LogP contribution in [0.1, 0.15) is 5.56 Å². The number of rotatable bonds is 9. The van der Waals surface area contributed by atoms with Gasteiger partial charge in [-0.15, -0.1) is 0 Å². The predicted molar refractivity (Wildman–Crippen MR) is 117 cm³/mol. The highest BCUT2D eigenvalue weighted by molar-refractivity contribution is 7.59. The number of benzene rings is 1. The topological polar surface area (TPSA) is 46.5 Å². The number of hydrogen-bond acceptors (Lipinski definition) is 3. The normalized spacial score (nSPS) is 13.2. The summed E-state index contributed by atoms with van der Waals surface area (Å²) in [6, 6.07) is 5.06. The third kappa shape index (κ3) is 8.63. The van der Waals surface area contributed by atoms with E-state index in [1.54, 1.807) is 12.1 Å². The molecular formula is C17H31Cl2O3PSi2. The van der Waals surface area contributed by atoms with Crippen molar-refractivity contribution in [2.75, 3.05) is 12.3 Å². The Hall–Kier alpha value is 0.224. The molecule has 0 spiro atoms. The molecule has 0 atom stereocenters. The highest BCUT2D eigenvalue weighted by Gasteiger charge is 2.31. The average Bonchev–Trinajstić information content (AvgIpc) is 2.44. The molecule has 0 bridgehead atoms. The molecule has 0 radical (unpaired) electrons. The minimum absolute atomic E-state index is 0.252. The van der Waals surface area contributed by atoms with Crippen LogP contribution >= 0.6 is 30.6 Å². The van der Waals surface area contributed by atoms with Gasteiger partial charge in [0.15, 0.2) is 5.75 Å². The van der Waals surface area contributed by atoms with E-state index in [4.69, 9.17) is 27.7 Å². The van der Waals surface area contributed by atoms with Gasteiger partial charge in [-0.2, -0.15) is 0 Å². The molecule has 0 aromatic heterocycles. The second kappa shape index (κ2) is 8.94. The molecule has 0 saturated heterocycles. The third-order valence-corrected chi connectivity index (χ3v) is 11.1. The summed E-state index contributed by atoms with van der Waals surface area (Å²) >= 11 is 12.3. The van der Waals surface area contributed by atoms with Crippen LogP contribution in [0.15, 0.2) is 12.1 Å². The molecule has 8 heteroatoms. The Balaban J connectivity index is 3.14. The van der Waals surface area contributed by atoms with E-state index in [1.165, 1.54) is 0 Å². The van der Waals surface area contributed by atoms with Crippen molar-refractivity contribution in [2.45, 2.75) is 58.0 Å². The number of aliphatic hydroxyl groups excluding tert-OH is 1. The molecule has 144 valence electrons. The lowest BCUT2D eigenvalue weighted by atomic mass is 10.2. The van der Waals surface area contributed by atoms with Crippen molar-refractivity contribution >= 4 is 46.7 Å². The molecule has 0 fully saturated rings. The fourth-order valence-electron chi connectivity index (χ4n) is 2.21. The number of halogens is 2. The zero-order valence-corrected chi connectivity index (χ0v) is 20.6. The second-order valence-electron chi connectivity index (χ2n) is 9.01. The lowest BCUT2D eigenvalue weighted by molar-refractivity contribution is 0.278. The first-order valence-corrected chi connectivity index (χ1v) is 18.8. The summed E-state index contributed by atoms with van der Waals surface area (Å²) in [6.45, 7) is 13.4. The van der Waals surface area contributed by atoms with Crippen LogP contribution in [0.3, 0.4) is 0 Å². The standard InChI is InChI=1S/C17H31Cl2O3PSi2/c1-24(2,3)9-7-23(21,8-10-25(4,5)6)22-17-14(13-20)11-15(18)12-16(17)19/h11-12,20H,7-10,13H2,1-6H3. The summed E-state index contributed by atoms with van der Waals surface area (Å²) in [5.74, 6) is 0.322. The van der Waals surface area contributed by atoms with E-state index in [0.717, 1.165) is 12.1 Å². The highest BCUT2D eigenvalue weighted by Crippen LogP contribution is 2.52. The summed E-state index contributed by atoms with van der Waals surface area (Å²) in [6.07, 6.45) is 1.13. The van der Waals surface area contributed by atoms with E-state index in [0.29, 0.717) is 33.7 Å². The average molecular weight is 441 g/mol. The van der Waals surface area contributed by atoms with Crippen LogP contribution in [0.4, 0.5) is 0 Å². The number of hydrogen-bond donors (Lipinski definition) is 1. The van der Waals surface area contributed by atoms with Gasteiger partial charge in [-0.1, -0.05) is 62.5 Å². The maximum absolute atomic E-state index is 13.6. The molecule has 1 aromatic rings. The molecule has 0 amide bonds. The van der Waals surface area contributed by atoms with Crippen molar-refractivity contribution < 1.29 is 14.2 Å². The van der Waals surface area contributed by atoms with Crippen LogP contribution in [0.2, 0.25) is 61.4 Å². The van der Waals surface area contributed by atoms with E-state index in [9.17, 15) is 9.67 Å². The van der Waals surface area contributed by atoms with Gasteiger partial charge in [-0.3, -0.25) is 4.57 Å². The fraction of sp³-hybridized carbons (Fsp3) is 0.647. The van der Waals surface area contributed by atoms with Crippen LogP contribution in [0.5, 0.6) is 5.75 Å². The molecule has 0 aliphatic carbocycles. The van der Waals surface area contributed by atoms with Gasteiger partial charge in [0.1, 0.15) is 0 Å². The summed E-state index contributed by atoms with van der Waals surface area (Å²) in [5, 5.41) is 10.3. The van der Waals surface area contributed by atoms with Crippen LogP contribution in [0, 0.1) is 0 Å². The van der Waals surface area contributed by atoms with Gasteiger partial charge in [0.2, 0.25) is 7.37 Å². The lowest BCUT2D eigenvalue weighted by Crippen LogP contribution is -2.24. The third-order valence-electron chi connectivity index (χ3n) is 3.92. The molecular weight excluding hydrogens is 410 g/mol. The Labute approximate surface area is 164 Å². The minimum Gasteiger partial charge on any atom is -0.441 e. The molecule has 0 aliphatic rings. The Morgan fingerprint density at radius 1 is 1.00 bits per heavy atom. The smallest absolute Gasteiger partial charge is 0.247 e. The minimum atomic E-state index is -2.89. The zero-order valence-electron chi connectivity index (χ0n) is 16.2. The summed E-state index contributed by atoms with van der Waals surface area (Å²) in [4.78, 5) is 0. The molecule has 0 saturated carbocycles. The van der Waals surface area contributed by atoms with E-state index in [-0.39, 0.29) is 6.61 Å². The Morgan fingerprint density at radius 3 is 1.88 bits per heavy atom. The lowest BCUT2D eigenvalue weighted by Gasteiger charge is -2.27. The van der Waals surface area contributed by atoms with Crippen molar-refractivity contribution in [3.63, 3.8) is 0 Å². The first-order valence-electron chi connectivity index (χ1n) is 8.61. The maximum atomic E-state index is 13.6. The molecule has 1 N–H and O–H groups in total. The molecule has 25 heavy (non-hydrogen) atoms. The van der Waals surface area contributed by atoms with Crippen LogP contribution in [0.25, 0.3) is 0 Å². The molecule has 0 unspecified atom stereocenters. The van der Waals surface area contributed by atoms with E-state index < -0.39 is 23.5 Å². The summed E-state index contributed by atoms with van der Waals surface area (Å²) < 4.78 is 19.7. The van der Waals surface area contributed by atoms with Crippen LogP contribution < -0.4 is 4.52 Å². The summed E-state index contributed by atoms with van der Waals surface area (Å²) in [7, 11) is -5.58. The Kier molecular flexibility index (Phi) is 8.32. The number of aliphatic hydroxyl groups is 1. The van der Waals surface area contributed by atoms with Gasteiger partial charge in [-0.05, 0) is 24.2 Å². The molecule has 1 aromatic carbocycles. The van der Waals surface area contributed by atoms with Gasteiger partial charge < -0.3 is 9.63 Å². The SMILES string of the molecule is C[Si](C)(C)CCP(=O)(CC[Si](C)(C)C)Oc1c(Cl)cc(Cl)cc1CO. The van der Waals surface area contributed by atoms with Gasteiger partial charge in [0, 0.05) is 39.1 Å². The Bertz CT molecular complexity index is 618. The Morgan fingerprint density at radius 2 is 1.48 bits per heavy atom. The molecule has 1 rings (SSSR count). The first kappa shape index (κ1) is 23.3. The van der Waals surface area contributed by atoms with Crippen LogP contribution in [-0.4, -0.2) is 33.6 Å². The zero-order chi connectivity index (χ0) is 19.5. The molecule has 3 nitrogen and oxygen atoms in total. The predicted octanol–water partition coefficient (Wildman–Crippen LogP) is 6.82. The van der Waals surface area contributed by atoms with E-state index in [2.05, 4.69) is 39.3 Å². The van der Waals surface area contributed by atoms with Crippen LogP contribution in [-0.2, 0) is 11.2 Å². The van der Waals surface area contributed by atoms with Gasteiger partial charge >= 0.3 is 0 Å². The van der Waals surface area contributed by atoms with Crippen molar-refractivity contribution in [1.29, 1.82) is 0 Å². The van der Waals surface area contributed by atoms with Crippen molar-refractivity contribution in [3.05, 3.63) is 27.7 Å². The monoisotopic (exact) mass is 440 g/mol.